The third-order valence-corrected chi connectivity index (χ3v) is 5.45. The largest absolute Gasteiger partial charge is 0.416 e. The fourth-order valence-electron chi connectivity index (χ4n) is 3.75. The van der Waals surface area contributed by atoms with Crippen LogP contribution in [0.1, 0.15) is 29.9 Å². The first-order valence-electron chi connectivity index (χ1n) is 10.4. The van der Waals surface area contributed by atoms with Crippen molar-refractivity contribution in [1.82, 2.24) is 14.6 Å². The number of morpholine rings is 1. The van der Waals surface area contributed by atoms with Crippen molar-refractivity contribution in [3.05, 3.63) is 67.9 Å². The van der Waals surface area contributed by atoms with Crippen LogP contribution in [0.3, 0.4) is 0 Å². The Balaban J connectivity index is 1.76. The first-order chi connectivity index (χ1) is 16.0. The number of nitrogens with one attached hydrogen (secondary N) is 1. The van der Waals surface area contributed by atoms with Gasteiger partial charge >= 0.3 is 6.18 Å². The second-order valence-electron chi connectivity index (χ2n) is 7.87. The van der Waals surface area contributed by atoms with Crippen LogP contribution in [0.4, 0.5) is 24.7 Å². The summed E-state index contributed by atoms with van der Waals surface area (Å²) < 4.78 is 46.7. The molecule has 1 saturated heterocycles. The fraction of sp³-hybridized carbons (Fsp3) is 0.381. The van der Waals surface area contributed by atoms with Crippen LogP contribution in [-0.2, 0) is 10.9 Å². The van der Waals surface area contributed by atoms with Gasteiger partial charge in [0.05, 0.1) is 53.7 Å². The van der Waals surface area contributed by atoms with E-state index in [2.05, 4.69) is 15.3 Å². The third kappa shape index (κ3) is 4.78. The van der Waals surface area contributed by atoms with E-state index in [1.807, 2.05) is 5.01 Å². The third-order valence-electron chi connectivity index (χ3n) is 5.45. The van der Waals surface area contributed by atoms with Crippen molar-refractivity contribution < 1.29 is 22.8 Å². The average molecular weight is 478 g/mol. The van der Waals surface area contributed by atoms with Gasteiger partial charge in [-0.05, 0) is 25.5 Å². The van der Waals surface area contributed by atoms with Gasteiger partial charge in [-0.25, -0.2) is 14.6 Å². The van der Waals surface area contributed by atoms with Crippen molar-refractivity contribution in [2.24, 2.45) is 0 Å². The number of hydrogen-bond acceptors (Lipinski definition) is 8. The number of ether oxygens (including phenoxy) is 1. The number of hydrogen-bond donors (Lipinski definition) is 1. The Hall–Kier alpha value is -3.74. The molecule has 10 nitrogen and oxygen atoms in total. The van der Waals surface area contributed by atoms with Crippen LogP contribution in [0, 0.1) is 17.0 Å². The molecule has 1 aliphatic rings. The van der Waals surface area contributed by atoms with Gasteiger partial charge in [0.15, 0.2) is 0 Å². The normalized spacial score (nSPS) is 15.4. The molecule has 1 N–H and O–H groups in total. The van der Waals surface area contributed by atoms with Gasteiger partial charge in [0.25, 0.3) is 11.2 Å². The van der Waals surface area contributed by atoms with E-state index in [-0.39, 0.29) is 16.9 Å². The van der Waals surface area contributed by atoms with Gasteiger partial charge in [-0.3, -0.25) is 14.9 Å². The number of non-ortho nitro benzene ring substituents is 1. The highest BCUT2D eigenvalue weighted by Crippen LogP contribution is 2.35. The van der Waals surface area contributed by atoms with Crippen molar-refractivity contribution in [2.75, 3.05) is 36.6 Å². The lowest BCUT2D eigenvalue weighted by Crippen LogP contribution is -2.48. The standard InChI is InChI=1S/C21H21F3N6O4/c1-12(14-7-15(21(22,23)24)9-16(8-14)30(32)33)25-20-17-11-29(28-3-5-34-6-4-28)19(31)10-18(17)26-13(2)27-20/h7-12H,3-6H2,1-2H3,(H,25,26,27). The maximum absolute atomic E-state index is 13.3. The molecule has 1 aliphatic heterocycles. The predicted molar refractivity (Wildman–Crippen MR) is 117 cm³/mol. The second-order valence-corrected chi connectivity index (χ2v) is 7.87. The SMILES string of the molecule is Cc1nc(NC(C)c2cc([N+](=O)[O-])cc(C(F)(F)F)c2)c2cn(N3CCOCC3)c(=O)cc2n1. The van der Waals surface area contributed by atoms with Gasteiger partial charge in [-0.1, -0.05) is 0 Å². The molecule has 1 atom stereocenters. The molecule has 0 saturated carbocycles. The van der Waals surface area contributed by atoms with Crippen LogP contribution >= 0.6 is 0 Å². The number of alkyl halides is 3. The van der Waals surface area contributed by atoms with Gasteiger partial charge in [-0.2, -0.15) is 13.2 Å². The van der Waals surface area contributed by atoms with Crippen molar-refractivity contribution in [3.63, 3.8) is 0 Å². The summed E-state index contributed by atoms with van der Waals surface area (Å²) in [6.07, 6.45) is -3.17. The number of aryl methyl sites for hydroxylation is 1. The fourth-order valence-corrected chi connectivity index (χ4v) is 3.75. The number of aromatic nitrogens is 3. The Kier molecular flexibility index (Phi) is 6.13. The molecule has 1 aromatic carbocycles. The van der Waals surface area contributed by atoms with Crippen LogP contribution in [0.2, 0.25) is 0 Å². The maximum atomic E-state index is 13.3. The smallest absolute Gasteiger partial charge is 0.378 e. The number of benzene rings is 1. The Morgan fingerprint density at radius 3 is 2.53 bits per heavy atom. The summed E-state index contributed by atoms with van der Waals surface area (Å²) in [5.74, 6) is 0.637. The molecule has 13 heteroatoms. The number of halogens is 3. The van der Waals surface area contributed by atoms with Gasteiger partial charge in [-0.15, -0.1) is 0 Å². The van der Waals surface area contributed by atoms with E-state index in [9.17, 15) is 28.1 Å². The minimum absolute atomic E-state index is 0.0624. The van der Waals surface area contributed by atoms with E-state index in [4.69, 9.17) is 4.74 Å². The maximum Gasteiger partial charge on any atom is 0.416 e. The van der Waals surface area contributed by atoms with Crippen LogP contribution < -0.4 is 15.9 Å². The number of fused-ring (bicyclic) bond motifs is 1. The number of pyridine rings is 1. The van der Waals surface area contributed by atoms with Gasteiger partial charge in [0, 0.05) is 24.4 Å². The lowest BCUT2D eigenvalue weighted by molar-refractivity contribution is -0.385. The molecule has 2 aromatic heterocycles. The number of nitro benzene ring substituents is 1. The molecule has 180 valence electrons. The molecule has 0 amide bonds. The summed E-state index contributed by atoms with van der Waals surface area (Å²) in [7, 11) is 0. The summed E-state index contributed by atoms with van der Waals surface area (Å²) >= 11 is 0. The molecule has 3 heterocycles. The van der Waals surface area contributed by atoms with E-state index >= 15 is 0 Å². The van der Waals surface area contributed by atoms with Crippen molar-refractivity contribution in [1.29, 1.82) is 0 Å². The highest BCUT2D eigenvalue weighted by atomic mass is 19.4. The minimum atomic E-state index is -4.74. The molecule has 0 spiro atoms. The van der Waals surface area contributed by atoms with Crippen LogP contribution in [0.25, 0.3) is 10.9 Å². The summed E-state index contributed by atoms with van der Waals surface area (Å²) in [6.45, 7) is 5.13. The first-order valence-corrected chi connectivity index (χ1v) is 10.4. The average Bonchev–Trinajstić information content (AvgIpc) is 2.78. The zero-order valence-electron chi connectivity index (χ0n) is 18.3. The van der Waals surface area contributed by atoms with Crippen molar-refractivity contribution in [3.8, 4) is 0 Å². The van der Waals surface area contributed by atoms with Crippen LogP contribution in [-0.4, -0.2) is 45.9 Å². The number of rotatable bonds is 5. The van der Waals surface area contributed by atoms with E-state index < -0.39 is 28.4 Å². The molecular weight excluding hydrogens is 457 g/mol. The van der Waals surface area contributed by atoms with Crippen LogP contribution in [0.15, 0.2) is 35.3 Å². The second kappa shape index (κ2) is 8.89. The summed E-state index contributed by atoms with van der Waals surface area (Å²) in [6, 6.07) is 3.05. The molecule has 3 aromatic rings. The number of nitro groups is 1. The van der Waals surface area contributed by atoms with E-state index in [0.29, 0.717) is 49.1 Å². The minimum Gasteiger partial charge on any atom is -0.378 e. The van der Waals surface area contributed by atoms with Gasteiger partial charge in [0.2, 0.25) is 0 Å². The molecule has 0 radical (unpaired) electrons. The Labute approximate surface area is 191 Å². The van der Waals surface area contributed by atoms with Crippen LogP contribution in [0.5, 0.6) is 0 Å². The quantitative estimate of drug-likeness (QED) is 0.439. The Morgan fingerprint density at radius 1 is 1.18 bits per heavy atom. The zero-order valence-corrected chi connectivity index (χ0v) is 18.3. The van der Waals surface area contributed by atoms with E-state index in [1.165, 1.54) is 10.7 Å². The number of anilines is 1. The zero-order chi connectivity index (χ0) is 24.6. The van der Waals surface area contributed by atoms with E-state index in [1.54, 1.807) is 20.0 Å². The lowest BCUT2D eigenvalue weighted by Gasteiger charge is -2.30. The summed E-state index contributed by atoms with van der Waals surface area (Å²) in [5.41, 5.74) is -1.64. The molecule has 1 unspecified atom stereocenters. The Morgan fingerprint density at radius 2 is 1.88 bits per heavy atom. The number of nitrogens with zero attached hydrogens (tertiary/aromatic N) is 5. The van der Waals surface area contributed by atoms with Crippen molar-refractivity contribution >= 4 is 22.4 Å². The Bertz CT molecular complexity index is 1300. The molecule has 0 aliphatic carbocycles. The highest BCUT2D eigenvalue weighted by Gasteiger charge is 2.33. The highest BCUT2D eigenvalue weighted by molar-refractivity contribution is 5.88. The summed E-state index contributed by atoms with van der Waals surface area (Å²) in [4.78, 5) is 31.7. The molecule has 0 bridgehead atoms. The summed E-state index contributed by atoms with van der Waals surface area (Å²) in [5, 5.41) is 16.5. The monoisotopic (exact) mass is 478 g/mol. The molecule has 1 fully saturated rings. The lowest BCUT2D eigenvalue weighted by atomic mass is 10.0. The topological polar surface area (TPSA) is 115 Å². The van der Waals surface area contributed by atoms with Gasteiger partial charge in [0.1, 0.15) is 11.6 Å². The van der Waals surface area contributed by atoms with Gasteiger partial charge < -0.3 is 15.1 Å². The van der Waals surface area contributed by atoms with E-state index in [0.717, 1.165) is 12.1 Å². The predicted octanol–water partition coefficient (Wildman–Crippen LogP) is 3.17. The molecule has 34 heavy (non-hydrogen) atoms. The first kappa shape index (κ1) is 23.4. The molecule has 4 rings (SSSR count). The van der Waals surface area contributed by atoms with Crippen molar-refractivity contribution in [2.45, 2.75) is 26.1 Å². The molecular formula is C21H21F3N6O4.